The SMILES string of the molecule is COc1ccccc1NC(=O)C(=O)NN=Cc1ccc(OCC(=O)O)cc1. The minimum absolute atomic E-state index is 0.362. The zero-order valence-electron chi connectivity index (χ0n) is 14.3. The Bertz CT molecular complexity index is 848. The number of hydrogen-bond acceptors (Lipinski definition) is 6. The molecule has 0 spiro atoms. The summed E-state index contributed by atoms with van der Waals surface area (Å²) in [7, 11) is 1.45. The van der Waals surface area contributed by atoms with Crippen LogP contribution in [0.25, 0.3) is 0 Å². The van der Waals surface area contributed by atoms with Crippen molar-refractivity contribution in [2.24, 2.45) is 5.10 Å². The fraction of sp³-hybridized carbons (Fsp3) is 0.111. The van der Waals surface area contributed by atoms with E-state index >= 15 is 0 Å². The Morgan fingerprint density at radius 2 is 1.78 bits per heavy atom. The molecule has 2 amide bonds. The molecule has 0 bridgehead atoms. The molecule has 2 rings (SSSR count). The smallest absolute Gasteiger partial charge is 0.341 e. The van der Waals surface area contributed by atoms with Crippen LogP contribution in [0.3, 0.4) is 0 Å². The Kier molecular flexibility index (Phi) is 6.89. The van der Waals surface area contributed by atoms with Crippen LogP contribution < -0.4 is 20.2 Å². The highest BCUT2D eigenvalue weighted by atomic mass is 16.5. The number of hydrogen-bond donors (Lipinski definition) is 3. The molecule has 0 aliphatic carbocycles. The van der Waals surface area contributed by atoms with Crippen molar-refractivity contribution in [1.29, 1.82) is 0 Å². The molecule has 3 N–H and O–H groups in total. The van der Waals surface area contributed by atoms with Crippen molar-refractivity contribution in [3.05, 3.63) is 54.1 Å². The van der Waals surface area contributed by atoms with Crippen LogP contribution >= 0.6 is 0 Å². The van der Waals surface area contributed by atoms with Gasteiger partial charge in [0.15, 0.2) is 6.61 Å². The molecular formula is C18H17N3O6. The molecule has 2 aromatic rings. The molecular weight excluding hydrogens is 354 g/mol. The highest BCUT2D eigenvalue weighted by Gasteiger charge is 2.14. The first-order valence-corrected chi connectivity index (χ1v) is 7.71. The molecule has 0 atom stereocenters. The number of anilines is 1. The summed E-state index contributed by atoms with van der Waals surface area (Å²) in [6.45, 7) is -0.440. The van der Waals surface area contributed by atoms with Crippen LogP contribution in [0, 0.1) is 0 Å². The molecule has 0 heterocycles. The van der Waals surface area contributed by atoms with E-state index in [1.807, 2.05) is 0 Å². The van der Waals surface area contributed by atoms with E-state index in [1.165, 1.54) is 13.3 Å². The van der Waals surface area contributed by atoms with Gasteiger partial charge in [-0.15, -0.1) is 0 Å². The van der Waals surface area contributed by atoms with Crippen molar-refractivity contribution in [1.82, 2.24) is 5.43 Å². The molecule has 27 heavy (non-hydrogen) atoms. The molecule has 0 aromatic heterocycles. The highest BCUT2D eigenvalue weighted by molar-refractivity contribution is 6.39. The number of nitrogens with zero attached hydrogens (tertiary/aromatic N) is 1. The molecule has 0 saturated heterocycles. The quantitative estimate of drug-likeness (QED) is 0.382. The van der Waals surface area contributed by atoms with Crippen molar-refractivity contribution >= 4 is 29.7 Å². The molecule has 0 aliphatic rings. The van der Waals surface area contributed by atoms with Crippen molar-refractivity contribution in [2.45, 2.75) is 0 Å². The van der Waals surface area contributed by atoms with Crippen LogP contribution in [0.4, 0.5) is 5.69 Å². The van der Waals surface area contributed by atoms with Crippen LogP contribution in [-0.4, -0.2) is 42.8 Å². The van der Waals surface area contributed by atoms with Crippen molar-refractivity contribution < 1.29 is 29.0 Å². The predicted molar refractivity (Wildman–Crippen MR) is 96.9 cm³/mol. The largest absolute Gasteiger partial charge is 0.495 e. The lowest BCUT2D eigenvalue weighted by Gasteiger charge is -2.08. The number of rotatable bonds is 7. The molecule has 9 heteroatoms. The van der Waals surface area contributed by atoms with Crippen molar-refractivity contribution in [2.75, 3.05) is 19.0 Å². The van der Waals surface area contributed by atoms with Crippen LogP contribution in [0.2, 0.25) is 0 Å². The van der Waals surface area contributed by atoms with Gasteiger partial charge in [-0.1, -0.05) is 12.1 Å². The fourth-order valence-corrected chi connectivity index (χ4v) is 1.94. The van der Waals surface area contributed by atoms with Crippen LogP contribution in [0.15, 0.2) is 53.6 Å². The summed E-state index contributed by atoms with van der Waals surface area (Å²) in [5, 5.41) is 14.7. The third-order valence-electron chi connectivity index (χ3n) is 3.18. The lowest BCUT2D eigenvalue weighted by molar-refractivity contribution is -0.139. The third kappa shape index (κ3) is 6.16. The summed E-state index contributed by atoms with van der Waals surface area (Å²) in [6.07, 6.45) is 1.33. The van der Waals surface area contributed by atoms with Gasteiger partial charge < -0.3 is 19.9 Å². The van der Waals surface area contributed by atoms with Gasteiger partial charge in [-0.25, -0.2) is 10.2 Å². The van der Waals surface area contributed by atoms with Gasteiger partial charge in [0.05, 0.1) is 19.0 Å². The van der Waals surface area contributed by atoms with Crippen LogP contribution in [-0.2, 0) is 14.4 Å². The monoisotopic (exact) mass is 371 g/mol. The maximum atomic E-state index is 11.9. The fourth-order valence-electron chi connectivity index (χ4n) is 1.94. The molecule has 2 aromatic carbocycles. The summed E-state index contributed by atoms with van der Waals surface area (Å²) in [5.74, 6) is -2.11. The first kappa shape index (κ1) is 19.4. The van der Waals surface area contributed by atoms with E-state index in [2.05, 4.69) is 15.8 Å². The summed E-state index contributed by atoms with van der Waals surface area (Å²) in [5.41, 5.74) is 3.09. The van der Waals surface area contributed by atoms with E-state index in [0.29, 0.717) is 22.7 Å². The molecule has 0 aliphatic heterocycles. The van der Waals surface area contributed by atoms with Crippen molar-refractivity contribution in [3.8, 4) is 11.5 Å². The summed E-state index contributed by atoms with van der Waals surface area (Å²) in [6, 6.07) is 13.0. The third-order valence-corrected chi connectivity index (χ3v) is 3.18. The molecule has 0 unspecified atom stereocenters. The topological polar surface area (TPSA) is 126 Å². The van der Waals surface area contributed by atoms with Gasteiger partial charge in [0.25, 0.3) is 0 Å². The van der Waals surface area contributed by atoms with Crippen molar-refractivity contribution in [3.63, 3.8) is 0 Å². The lowest BCUT2D eigenvalue weighted by Crippen LogP contribution is -2.32. The Labute approximate surface area is 154 Å². The normalized spacial score (nSPS) is 10.3. The van der Waals surface area contributed by atoms with Gasteiger partial charge in [0.2, 0.25) is 0 Å². The number of para-hydroxylation sites is 2. The average molecular weight is 371 g/mol. The van der Waals surface area contributed by atoms with E-state index in [4.69, 9.17) is 14.6 Å². The molecule has 0 saturated carbocycles. The van der Waals surface area contributed by atoms with Gasteiger partial charge in [-0.2, -0.15) is 5.10 Å². The van der Waals surface area contributed by atoms with E-state index in [-0.39, 0.29) is 0 Å². The summed E-state index contributed by atoms with van der Waals surface area (Å²) < 4.78 is 10.1. The van der Waals surface area contributed by atoms with E-state index in [9.17, 15) is 14.4 Å². The summed E-state index contributed by atoms with van der Waals surface area (Å²) in [4.78, 5) is 34.1. The number of nitrogens with one attached hydrogen (secondary N) is 2. The number of carboxylic acid groups (broad SMARTS) is 1. The Morgan fingerprint density at radius 3 is 2.44 bits per heavy atom. The maximum Gasteiger partial charge on any atom is 0.341 e. The second-order valence-electron chi connectivity index (χ2n) is 5.10. The average Bonchev–Trinajstić information content (AvgIpc) is 2.67. The second kappa shape index (κ2) is 9.56. The number of ether oxygens (including phenoxy) is 2. The van der Waals surface area contributed by atoms with Gasteiger partial charge in [0.1, 0.15) is 11.5 Å². The van der Waals surface area contributed by atoms with Crippen LogP contribution in [0.5, 0.6) is 11.5 Å². The van der Waals surface area contributed by atoms with Gasteiger partial charge >= 0.3 is 17.8 Å². The van der Waals surface area contributed by atoms with Gasteiger partial charge in [-0.05, 0) is 42.0 Å². The molecule has 0 radical (unpaired) electrons. The minimum atomic E-state index is -1.07. The number of amides is 2. The number of carbonyl (C=O) groups excluding carboxylic acids is 2. The molecule has 9 nitrogen and oxygen atoms in total. The standard InChI is InChI=1S/C18H17N3O6/c1-26-15-5-3-2-4-14(15)20-17(24)18(25)21-19-10-12-6-8-13(9-7-12)27-11-16(22)23/h2-10H,11H2,1H3,(H,20,24)(H,21,25)(H,22,23). The second-order valence-corrected chi connectivity index (χ2v) is 5.10. The first-order valence-electron chi connectivity index (χ1n) is 7.71. The van der Waals surface area contributed by atoms with Gasteiger partial charge in [-0.3, -0.25) is 9.59 Å². The zero-order valence-corrected chi connectivity index (χ0v) is 14.3. The Balaban J connectivity index is 1.87. The zero-order chi connectivity index (χ0) is 19.6. The maximum absolute atomic E-state index is 11.9. The Hall–Kier alpha value is -3.88. The molecule has 0 fully saturated rings. The van der Waals surface area contributed by atoms with Crippen LogP contribution in [0.1, 0.15) is 5.56 Å². The number of hydrazone groups is 1. The summed E-state index contributed by atoms with van der Waals surface area (Å²) >= 11 is 0. The highest BCUT2D eigenvalue weighted by Crippen LogP contribution is 2.22. The minimum Gasteiger partial charge on any atom is -0.495 e. The van der Waals surface area contributed by atoms with E-state index in [1.54, 1.807) is 48.5 Å². The first-order chi connectivity index (χ1) is 13.0. The number of methoxy groups -OCH3 is 1. The van der Waals surface area contributed by atoms with E-state index < -0.39 is 24.4 Å². The van der Waals surface area contributed by atoms with Gasteiger partial charge in [0, 0.05) is 0 Å². The Morgan fingerprint density at radius 1 is 1.07 bits per heavy atom. The number of carboxylic acids is 1. The number of benzene rings is 2. The lowest BCUT2D eigenvalue weighted by atomic mass is 10.2. The number of carbonyl (C=O) groups is 3. The predicted octanol–water partition coefficient (Wildman–Crippen LogP) is 1.25. The van der Waals surface area contributed by atoms with E-state index in [0.717, 1.165) is 0 Å². The number of aliphatic carboxylic acids is 1. The molecule has 140 valence electrons.